The highest BCUT2D eigenvalue weighted by atomic mass is 16.9. The number of aromatic amines is 1. The van der Waals surface area contributed by atoms with Crippen molar-refractivity contribution in [1.29, 1.82) is 0 Å². The molecule has 1 aromatic heterocycles. The Balaban J connectivity index is 2.94. The van der Waals surface area contributed by atoms with Crippen LogP contribution in [0.4, 0.5) is 0 Å². The van der Waals surface area contributed by atoms with Gasteiger partial charge in [0.1, 0.15) is 0 Å². The largest absolute Gasteiger partial charge is 0.423 e. The van der Waals surface area contributed by atoms with Crippen molar-refractivity contribution in [3.63, 3.8) is 0 Å². The van der Waals surface area contributed by atoms with Crippen LogP contribution in [0, 0.1) is 0 Å². The standard InChI is InChI=1S/C15H18N2O12/c1-7(19)26-13(24)10(6-18)29-15(28-9(3)21,14(13,25)27-8(2)20)17-5-4-11(22)16-12(17)23/h4-5,10,18,24-25H,6H2,1-3H3,(H,16,22,23)/t10-,13+,14+,15-/m1/s1. The maximum Gasteiger partial charge on any atom is 0.381 e. The van der Waals surface area contributed by atoms with Crippen molar-refractivity contribution in [2.75, 3.05) is 6.61 Å². The molecule has 0 radical (unpaired) electrons. The van der Waals surface area contributed by atoms with Crippen LogP contribution >= 0.6 is 0 Å². The Kier molecular flexibility index (Phi) is 5.67. The second-order valence-corrected chi connectivity index (χ2v) is 5.97. The number of hydrogen-bond acceptors (Lipinski definition) is 12. The summed E-state index contributed by atoms with van der Waals surface area (Å²) >= 11 is 0. The second kappa shape index (κ2) is 7.40. The summed E-state index contributed by atoms with van der Waals surface area (Å²) in [5.74, 6) is -13.9. The van der Waals surface area contributed by atoms with Crippen molar-refractivity contribution in [3.8, 4) is 0 Å². The topological polar surface area (TPSA) is 204 Å². The highest BCUT2D eigenvalue weighted by Gasteiger charge is 2.83. The van der Waals surface area contributed by atoms with Gasteiger partial charge in [-0.1, -0.05) is 0 Å². The highest BCUT2D eigenvalue weighted by Crippen LogP contribution is 2.51. The number of H-pyrrole nitrogens is 1. The number of carbonyl (C=O) groups is 3. The maximum absolute atomic E-state index is 12.3. The van der Waals surface area contributed by atoms with Gasteiger partial charge in [-0.25, -0.2) is 9.36 Å². The van der Waals surface area contributed by atoms with Crippen LogP contribution in [0.5, 0.6) is 0 Å². The predicted molar refractivity (Wildman–Crippen MR) is 86.5 cm³/mol. The number of rotatable bonds is 5. The van der Waals surface area contributed by atoms with Gasteiger partial charge in [0.05, 0.1) is 6.61 Å². The predicted octanol–water partition coefficient (Wildman–Crippen LogP) is -3.40. The van der Waals surface area contributed by atoms with Crippen LogP contribution in [0.3, 0.4) is 0 Å². The summed E-state index contributed by atoms with van der Waals surface area (Å²) < 4.78 is 19.8. The maximum atomic E-state index is 12.3. The third kappa shape index (κ3) is 3.42. The minimum atomic E-state index is -3.61. The summed E-state index contributed by atoms with van der Waals surface area (Å²) in [5, 5.41) is 31.7. The zero-order chi connectivity index (χ0) is 22.2. The summed E-state index contributed by atoms with van der Waals surface area (Å²) in [4.78, 5) is 60.5. The van der Waals surface area contributed by atoms with Crippen LogP contribution in [0.25, 0.3) is 0 Å². The van der Waals surface area contributed by atoms with Gasteiger partial charge < -0.3 is 34.3 Å². The van der Waals surface area contributed by atoms with Gasteiger partial charge in [0, 0.05) is 33.0 Å². The number of aliphatic hydroxyl groups is 3. The molecule has 1 aromatic rings. The molecule has 2 rings (SSSR count). The minimum Gasteiger partial charge on any atom is -0.423 e. The lowest BCUT2D eigenvalue weighted by atomic mass is 9.99. The first-order chi connectivity index (χ1) is 13.3. The van der Waals surface area contributed by atoms with E-state index in [0.717, 1.165) is 26.8 Å². The Bertz CT molecular complexity index is 953. The summed E-state index contributed by atoms with van der Waals surface area (Å²) in [6.45, 7) is 1.22. The number of ether oxygens (including phenoxy) is 4. The first-order valence-electron chi connectivity index (χ1n) is 7.97. The van der Waals surface area contributed by atoms with Gasteiger partial charge in [0.2, 0.25) is 0 Å². The number of esters is 3. The average molecular weight is 418 g/mol. The van der Waals surface area contributed by atoms with E-state index in [9.17, 15) is 39.3 Å². The molecule has 4 atom stereocenters. The minimum absolute atomic E-state index is 0.267. The lowest BCUT2D eigenvalue weighted by Crippen LogP contribution is -2.70. The Morgan fingerprint density at radius 2 is 1.66 bits per heavy atom. The molecule has 1 fully saturated rings. The zero-order valence-corrected chi connectivity index (χ0v) is 15.4. The van der Waals surface area contributed by atoms with Crippen LogP contribution in [0.2, 0.25) is 0 Å². The Labute approximate surface area is 161 Å². The molecule has 160 valence electrons. The molecule has 1 aliphatic rings. The Morgan fingerprint density at radius 3 is 2.10 bits per heavy atom. The van der Waals surface area contributed by atoms with Crippen molar-refractivity contribution in [1.82, 2.24) is 9.55 Å². The summed E-state index contributed by atoms with van der Waals surface area (Å²) in [6.07, 6.45) is -1.40. The molecule has 2 heterocycles. The molecular formula is C15H18N2O12. The Hall–Kier alpha value is -3.07. The first kappa shape index (κ1) is 22.2. The third-order valence-electron chi connectivity index (χ3n) is 3.83. The lowest BCUT2D eigenvalue weighted by molar-refractivity contribution is -0.424. The third-order valence-corrected chi connectivity index (χ3v) is 3.83. The van der Waals surface area contributed by atoms with Crippen molar-refractivity contribution in [2.24, 2.45) is 0 Å². The molecule has 4 N–H and O–H groups in total. The fraction of sp³-hybridized carbons (Fsp3) is 0.533. The number of nitrogens with zero attached hydrogens (tertiary/aromatic N) is 1. The molecule has 1 saturated heterocycles. The summed E-state index contributed by atoms with van der Waals surface area (Å²) in [7, 11) is 0. The molecular weight excluding hydrogens is 400 g/mol. The van der Waals surface area contributed by atoms with Crippen LogP contribution in [0.15, 0.2) is 21.9 Å². The highest BCUT2D eigenvalue weighted by molar-refractivity contribution is 5.69. The summed E-state index contributed by atoms with van der Waals surface area (Å²) in [6, 6.07) is 0.751. The van der Waals surface area contributed by atoms with E-state index < -0.39 is 59.4 Å². The van der Waals surface area contributed by atoms with Crippen molar-refractivity contribution < 1.29 is 48.7 Å². The Morgan fingerprint density at radius 1 is 1.10 bits per heavy atom. The molecule has 0 unspecified atom stereocenters. The molecule has 0 spiro atoms. The number of aliphatic hydroxyl groups excluding tert-OH is 1. The van der Waals surface area contributed by atoms with Crippen molar-refractivity contribution in [3.05, 3.63) is 33.1 Å². The number of hydrogen-bond donors (Lipinski definition) is 4. The van der Waals surface area contributed by atoms with Gasteiger partial charge in [-0.2, -0.15) is 0 Å². The monoisotopic (exact) mass is 418 g/mol. The van der Waals surface area contributed by atoms with E-state index in [1.165, 1.54) is 0 Å². The van der Waals surface area contributed by atoms with Gasteiger partial charge in [-0.3, -0.25) is 24.2 Å². The van der Waals surface area contributed by atoms with Gasteiger partial charge in [-0.05, 0) is 0 Å². The van der Waals surface area contributed by atoms with Gasteiger partial charge in [0.15, 0.2) is 6.10 Å². The van der Waals surface area contributed by atoms with E-state index in [4.69, 9.17) is 14.2 Å². The van der Waals surface area contributed by atoms with Gasteiger partial charge in [0.25, 0.3) is 5.56 Å². The van der Waals surface area contributed by atoms with Crippen LogP contribution in [-0.4, -0.2) is 67.1 Å². The zero-order valence-electron chi connectivity index (χ0n) is 15.4. The fourth-order valence-electron chi connectivity index (χ4n) is 2.86. The molecule has 0 saturated carbocycles. The molecule has 1 aliphatic heterocycles. The normalized spacial score (nSPS) is 31.2. The van der Waals surface area contributed by atoms with E-state index in [1.54, 1.807) is 4.98 Å². The molecule has 0 bridgehead atoms. The first-order valence-corrected chi connectivity index (χ1v) is 7.97. The van der Waals surface area contributed by atoms with Crippen molar-refractivity contribution >= 4 is 17.9 Å². The molecule has 0 aliphatic carbocycles. The van der Waals surface area contributed by atoms with Crippen LogP contribution in [0.1, 0.15) is 20.8 Å². The quantitative estimate of drug-likeness (QED) is 0.210. The van der Waals surface area contributed by atoms with E-state index in [0.29, 0.717) is 6.20 Å². The van der Waals surface area contributed by atoms with Gasteiger partial charge in [-0.15, -0.1) is 0 Å². The SMILES string of the molecule is CC(=O)O[C@@]1(n2ccc(=O)[nH]c2=O)O[C@H](CO)[C@](O)(OC(C)=O)[C@]1(O)OC(C)=O. The van der Waals surface area contributed by atoms with Crippen LogP contribution in [-0.2, 0) is 39.2 Å². The number of carbonyl (C=O) groups excluding carboxylic acids is 3. The van der Waals surface area contributed by atoms with E-state index in [1.807, 2.05) is 0 Å². The fourth-order valence-corrected chi connectivity index (χ4v) is 2.86. The molecule has 14 nitrogen and oxygen atoms in total. The molecule has 29 heavy (non-hydrogen) atoms. The number of nitrogens with one attached hydrogen (secondary N) is 1. The van der Waals surface area contributed by atoms with E-state index >= 15 is 0 Å². The lowest BCUT2D eigenvalue weighted by Gasteiger charge is -2.41. The summed E-state index contributed by atoms with van der Waals surface area (Å²) in [5.41, 5.74) is -2.24. The van der Waals surface area contributed by atoms with Crippen molar-refractivity contribution in [2.45, 2.75) is 44.4 Å². The molecule has 14 heteroatoms. The van der Waals surface area contributed by atoms with E-state index in [-0.39, 0.29) is 4.57 Å². The van der Waals surface area contributed by atoms with Gasteiger partial charge >= 0.3 is 41.1 Å². The molecule has 0 amide bonds. The number of aromatic nitrogens is 2. The second-order valence-electron chi connectivity index (χ2n) is 5.97. The average Bonchev–Trinajstić information content (AvgIpc) is 2.72. The molecule has 0 aromatic carbocycles. The van der Waals surface area contributed by atoms with Crippen LogP contribution < -0.4 is 11.2 Å². The smallest absolute Gasteiger partial charge is 0.381 e. The van der Waals surface area contributed by atoms with E-state index in [2.05, 4.69) is 4.74 Å².